The lowest BCUT2D eigenvalue weighted by molar-refractivity contribution is 0.164. The van der Waals surface area contributed by atoms with Crippen molar-refractivity contribution in [2.24, 2.45) is 0 Å². The predicted octanol–water partition coefficient (Wildman–Crippen LogP) is 8.63. The van der Waals surface area contributed by atoms with Gasteiger partial charge in [-0.1, -0.05) is 110 Å². The summed E-state index contributed by atoms with van der Waals surface area (Å²) in [7, 11) is -1.48. The van der Waals surface area contributed by atoms with E-state index in [2.05, 4.69) is 26.9 Å². The smallest absolute Gasteiger partial charge is 0.190 e. The van der Waals surface area contributed by atoms with Gasteiger partial charge in [-0.3, -0.25) is 0 Å². The minimum absolute atomic E-state index is 0.539. The van der Waals surface area contributed by atoms with Crippen LogP contribution in [0.4, 0.5) is 0 Å². The Morgan fingerprint density at radius 3 is 1.80 bits per heavy atom. The third-order valence-corrected chi connectivity index (χ3v) is 9.88. The van der Waals surface area contributed by atoms with E-state index in [9.17, 15) is 0 Å². The molecule has 1 atom stereocenters. The van der Waals surface area contributed by atoms with Crippen molar-refractivity contribution in [2.45, 2.75) is 148 Å². The van der Waals surface area contributed by atoms with Crippen LogP contribution in [0.3, 0.4) is 0 Å². The van der Waals surface area contributed by atoms with Gasteiger partial charge in [-0.05, 0) is 31.5 Å². The van der Waals surface area contributed by atoms with Crippen LogP contribution in [0.25, 0.3) is 0 Å². The topological polar surface area (TPSA) is 9.23 Å². The van der Waals surface area contributed by atoms with Gasteiger partial charge in [0, 0.05) is 6.10 Å². The molecule has 0 aliphatic heterocycles. The Balaban J connectivity index is 2.07. The van der Waals surface area contributed by atoms with E-state index in [4.69, 9.17) is 4.43 Å². The molecule has 1 fully saturated rings. The highest BCUT2D eigenvalue weighted by atomic mass is 28.4. The van der Waals surface area contributed by atoms with Gasteiger partial charge in [0.25, 0.3) is 0 Å². The lowest BCUT2D eigenvalue weighted by Crippen LogP contribution is -2.41. The molecule has 150 valence electrons. The van der Waals surface area contributed by atoms with Crippen molar-refractivity contribution >= 4 is 8.32 Å². The molecule has 0 heterocycles. The Kier molecular flexibility index (Phi) is 13.2. The average Bonchev–Trinajstić information content (AvgIpc) is 2.63. The molecule has 1 aliphatic carbocycles. The lowest BCUT2D eigenvalue weighted by atomic mass is 10.0. The molecule has 2 heteroatoms. The Hall–Kier alpha value is 0.177. The summed E-state index contributed by atoms with van der Waals surface area (Å²) in [6.07, 6.45) is 24.6. The summed E-state index contributed by atoms with van der Waals surface area (Å²) in [5, 5.41) is 0. The fourth-order valence-electron chi connectivity index (χ4n) is 4.53. The van der Waals surface area contributed by atoms with Gasteiger partial charge in [0.1, 0.15) is 0 Å². The molecule has 1 nitrogen and oxygen atoms in total. The minimum atomic E-state index is -1.48. The monoisotopic (exact) mass is 368 g/mol. The molecular weight excluding hydrogens is 320 g/mol. The van der Waals surface area contributed by atoms with Gasteiger partial charge in [-0.15, -0.1) is 0 Å². The third-order valence-electron chi connectivity index (χ3n) is 6.39. The van der Waals surface area contributed by atoms with E-state index in [1.165, 1.54) is 109 Å². The normalized spacial score (nSPS) is 17.8. The first-order valence-corrected chi connectivity index (χ1v) is 14.8. The van der Waals surface area contributed by atoms with E-state index in [0.717, 1.165) is 5.54 Å². The van der Waals surface area contributed by atoms with E-state index in [-0.39, 0.29) is 0 Å². The largest absolute Gasteiger partial charge is 0.414 e. The van der Waals surface area contributed by atoms with E-state index in [1.807, 2.05) is 0 Å². The van der Waals surface area contributed by atoms with Crippen LogP contribution < -0.4 is 0 Å². The number of rotatable bonds is 15. The van der Waals surface area contributed by atoms with Gasteiger partial charge < -0.3 is 4.43 Å². The minimum Gasteiger partial charge on any atom is -0.414 e. The molecule has 0 radical (unpaired) electrons. The SMILES string of the molecule is CCCCCCCCCCCCC(CC)O[Si](C)(C)C1CCCCC1. The summed E-state index contributed by atoms with van der Waals surface area (Å²) in [4.78, 5) is 0. The first-order valence-electron chi connectivity index (χ1n) is 11.8. The highest BCUT2D eigenvalue weighted by Gasteiger charge is 2.36. The van der Waals surface area contributed by atoms with Gasteiger partial charge in [0.05, 0.1) is 0 Å². The summed E-state index contributed by atoms with van der Waals surface area (Å²) < 4.78 is 6.75. The molecule has 1 rings (SSSR count). The molecule has 0 spiro atoms. The molecule has 0 aromatic carbocycles. The van der Waals surface area contributed by atoms with Crippen LogP contribution in [-0.4, -0.2) is 14.4 Å². The van der Waals surface area contributed by atoms with Crippen LogP contribution in [0.15, 0.2) is 0 Å². The van der Waals surface area contributed by atoms with Crippen molar-refractivity contribution in [3.63, 3.8) is 0 Å². The second kappa shape index (κ2) is 14.3. The summed E-state index contributed by atoms with van der Waals surface area (Å²) in [5.74, 6) is 0. The molecule has 1 saturated carbocycles. The molecule has 0 N–H and O–H groups in total. The number of hydrogen-bond donors (Lipinski definition) is 0. The van der Waals surface area contributed by atoms with Crippen LogP contribution in [0.5, 0.6) is 0 Å². The Bertz CT molecular complexity index is 296. The van der Waals surface area contributed by atoms with Crippen LogP contribution in [0.1, 0.15) is 123 Å². The second-order valence-corrected chi connectivity index (χ2v) is 13.3. The highest BCUT2D eigenvalue weighted by Crippen LogP contribution is 2.38. The van der Waals surface area contributed by atoms with Crippen molar-refractivity contribution in [3.8, 4) is 0 Å². The Labute approximate surface area is 160 Å². The summed E-state index contributed by atoms with van der Waals surface area (Å²) in [5.41, 5.74) is 0.919. The molecule has 1 unspecified atom stereocenters. The lowest BCUT2D eigenvalue weighted by Gasteiger charge is -2.37. The van der Waals surface area contributed by atoms with Crippen molar-refractivity contribution in [1.29, 1.82) is 0 Å². The Morgan fingerprint density at radius 2 is 1.28 bits per heavy atom. The molecule has 1 aliphatic rings. The molecular formula is C23H48OSi. The van der Waals surface area contributed by atoms with Gasteiger partial charge in [-0.2, -0.15) is 0 Å². The first-order chi connectivity index (χ1) is 12.1. The number of hydrogen-bond acceptors (Lipinski definition) is 1. The predicted molar refractivity (Wildman–Crippen MR) is 116 cm³/mol. The van der Waals surface area contributed by atoms with E-state index >= 15 is 0 Å². The van der Waals surface area contributed by atoms with Gasteiger partial charge >= 0.3 is 0 Å². The molecule has 0 saturated heterocycles. The van der Waals surface area contributed by atoms with Crippen LogP contribution in [-0.2, 0) is 4.43 Å². The second-order valence-electron chi connectivity index (χ2n) is 9.06. The van der Waals surface area contributed by atoms with E-state index in [1.54, 1.807) is 0 Å². The zero-order valence-electron chi connectivity index (χ0n) is 18.1. The zero-order chi connectivity index (χ0) is 18.4. The van der Waals surface area contributed by atoms with Gasteiger partial charge in [0.2, 0.25) is 0 Å². The third kappa shape index (κ3) is 10.8. The Morgan fingerprint density at radius 1 is 0.760 bits per heavy atom. The molecule has 0 aromatic heterocycles. The molecule has 25 heavy (non-hydrogen) atoms. The fourth-order valence-corrected chi connectivity index (χ4v) is 7.66. The van der Waals surface area contributed by atoms with Crippen molar-refractivity contribution < 1.29 is 4.43 Å². The van der Waals surface area contributed by atoms with Crippen molar-refractivity contribution in [1.82, 2.24) is 0 Å². The molecule has 0 aromatic rings. The van der Waals surface area contributed by atoms with E-state index < -0.39 is 8.32 Å². The van der Waals surface area contributed by atoms with Crippen LogP contribution in [0.2, 0.25) is 18.6 Å². The maximum Gasteiger partial charge on any atom is 0.190 e. The summed E-state index contributed by atoms with van der Waals surface area (Å²) >= 11 is 0. The molecule has 0 amide bonds. The zero-order valence-corrected chi connectivity index (χ0v) is 19.1. The fraction of sp³-hybridized carbons (Fsp3) is 1.00. The van der Waals surface area contributed by atoms with E-state index in [0.29, 0.717) is 6.10 Å². The first kappa shape index (κ1) is 23.2. The van der Waals surface area contributed by atoms with Crippen molar-refractivity contribution in [3.05, 3.63) is 0 Å². The summed E-state index contributed by atoms with van der Waals surface area (Å²) in [6.45, 7) is 9.60. The highest BCUT2D eigenvalue weighted by molar-refractivity contribution is 6.72. The maximum atomic E-state index is 6.75. The number of unbranched alkanes of at least 4 members (excludes halogenated alkanes) is 9. The van der Waals surface area contributed by atoms with Gasteiger partial charge in [0.15, 0.2) is 8.32 Å². The van der Waals surface area contributed by atoms with Crippen LogP contribution >= 0.6 is 0 Å². The van der Waals surface area contributed by atoms with Crippen molar-refractivity contribution in [2.75, 3.05) is 0 Å². The summed E-state index contributed by atoms with van der Waals surface area (Å²) in [6, 6.07) is 0. The molecule has 0 bridgehead atoms. The average molecular weight is 369 g/mol. The maximum absolute atomic E-state index is 6.75. The van der Waals surface area contributed by atoms with Gasteiger partial charge in [-0.25, -0.2) is 0 Å². The quantitative estimate of drug-likeness (QED) is 0.207. The standard InChI is InChI=1S/C23H48OSi/c1-5-7-8-9-10-11-12-13-14-16-19-22(6-2)24-25(3,4)23-20-17-15-18-21-23/h22-23H,5-21H2,1-4H3. The van der Waals surface area contributed by atoms with Crippen LogP contribution in [0, 0.1) is 0 Å².